The van der Waals surface area contributed by atoms with E-state index in [9.17, 15) is 18.0 Å². The Balaban J connectivity index is 2.20. The molecule has 1 atom stereocenters. The molecule has 0 aromatic heterocycles. The lowest BCUT2D eigenvalue weighted by molar-refractivity contribution is -0.149. The highest BCUT2D eigenvalue weighted by Crippen LogP contribution is 2.25. The van der Waals surface area contributed by atoms with Gasteiger partial charge in [0.15, 0.2) is 0 Å². The maximum atomic E-state index is 13.0. The molecule has 2 rings (SSSR count). The van der Waals surface area contributed by atoms with E-state index in [0.717, 1.165) is 6.26 Å². The third kappa shape index (κ3) is 4.55. The van der Waals surface area contributed by atoms with E-state index in [2.05, 4.69) is 0 Å². The minimum absolute atomic E-state index is 0.204. The number of carbonyl (C=O) groups is 2. The van der Waals surface area contributed by atoms with Gasteiger partial charge in [0, 0.05) is 13.1 Å². The summed E-state index contributed by atoms with van der Waals surface area (Å²) in [6.07, 6.45) is 2.52. The molecule has 0 spiro atoms. The van der Waals surface area contributed by atoms with Gasteiger partial charge in [-0.3, -0.25) is 13.9 Å². The Bertz CT molecular complexity index is 727. The SMILES string of the molecule is CC[C@H](C(=O)N1CCC(C(=O)OC)CC1)N(c1ccccc1)S(C)(=O)=O. The van der Waals surface area contributed by atoms with Crippen molar-refractivity contribution in [3.05, 3.63) is 30.3 Å². The summed E-state index contributed by atoms with van der Waals surface area (Å²) in [4.78, 5) is 26.3. The van der Waals surface area contributed by atoms with Crippen LogP contribution in [0.25, 0.3) is 0 Å². The number of anilines is 1. The fraction of sp³-hybridized carbons (Fsp3) is 0.556. The Morgan fingerprint density at radius 1 is 1.23 bits per heavy atom. The molecular weight excluding hydrogens is 356 g/mol. The van der Waals surface area contributed by atoms with Gasteiger partial charge in [-0.05, 0) is 31.4 Å². The van der Waals surface area contributed by atoms with Gasteiger partial charge in [0.05, 0.1) is 25.0 Å². The fourth-order valence-electron chi connectivity index (χ4n) is 3.33. The Morgan fingerprint density at radius 3 is 2.27 bits per heavy atom. The van der Waals surface area contributed by atoms with E-state index in [1.165, 1.54) is 11.4 Å². The zero-order valence-corrected chi connectivity index (χ0v) is 16.2. The molecule has 7 nitrogen and oxygen atoms in total. The molecule has 1 amide bonds. The molecule has 1 aromatic rings. The van der Waals surface area contributed by atoms with E-state index < -0.39 is 16.1 Å². The number of ether oxygens (including phenoxy) is 1. The van der Waals surface area contributed by atoms with Crippen molar-refractivity contribution in [3.63, 3.8) is 0 Å². The fourth-order valence-corrected chi connectivity index (χ4v) is 4.54. The molecule has 144 valence electrons. The first-order valence-corrected chi connectivity index (χ1v) is 10.6. The Labute approximate surface area is 155 Å². The average Bonchev–Trinajstić information content (AvgIpc) is 2.64. The molecule has 0 radical (unpaired) electrons. The van der Waals surface area contributed by atoms with Crippen LogP contribution in [0.5, 0.6) is 0 Å². The Kier molecular flexibility index (Phi) is 6.63. The van der Waals surface area contributed by atoms with Crippen molar-refractivity contribution < 1.29 is 22.7 Å². The van der Waals surface area contributed by atoms with Crippen molar-refractivity contribution in [2.75, 3.05) is 30.8 Å². The molecule has 8 heteroatoms. The van der Waals surface area contributed by atoms with E-state index in [1.54, 1.807) is 42.2 Å². The zero-order chi connectivity index (χ0) is 19.3. The molecule has 1 heterocycles. The van der Waals surface area contributed by atoms with Crippen LogP contribution in [0.3, 0.4) is 0 Å². The number of esters is 1. The normalized spacial score (nSPS) is 16.8. The van der Waals surface area contributed by atoms with Crippen molar-refractivity contribution in [3.8, 4) is 0 Å². The van der Waals surface area contributed by atoms with E-state index in [0.29, 0.717) is 38.0 Å². The molecule has 1 fully saturated rings. The molecule has 0 saturated carbocycles. The molecule has 1 saturated heterocycles. The second kappa shape index (κ2) is 8.53. The number of hydrogen-bond acceptors (Lipinski definition) is 5. The van der Waals surface area contributed by atoms with E-state index >= 15 is 0 Å². The standard InChI is InChI=1S/C18H26N2O5S/c1-4-16(20(26(3,23)24)15-8-6-5-7-9-15)17(21)19-12-10-14(11-13-19)18(22)25-2/h5-9,14,16H,4,10-13H2,1-3H3/t16-/m1/s1. The number of methoxy groups -OCH3 is 1. The van der Waals surface area contributed by atoms with Crippen LogP contribution < -0.4 is 4.31 Å². The van der Waals surface area contributed by atoms with Gasteiger partial charge in [-0.1, -0.05) is 25.1 Å². The maximum absolute atomic E-state index is 13.0. The van der Waals surface area contributed by atoms with Crippen LogP contribution in [-0.4, -0.2) is 57.7 Å². The molecule has 0 bridgehead atoms. The average molecular weight is 382 g/mol. The lowest BCUT2D eigenvalue weighted by atomic mass is 9.96. The zero-order valence-electron chi connectivity index (χ0n) is 15.4. The minimum Gasteiger partial charge on any atom is -0.469 e. The number of carbonyl (C=O) groups excluding carboxylic acids is 2. The van der Waals surface area contributed by atoms with Crippen LogP contribution in [0.15, 0.2) is 30.3 Å². The third-order valence-electron chi connectivity index (χ3n) is 4.66. The highest BCUT2D eigenvalue weighted by atomic mass is 32.2. The van der Waals surface area contributed by atoms with Crippen LogP contribution in [0.2, 0.25) is 0 Å². The maximum Gasteiger partial charge on any atom is 0.308 e. The van der Waals surface area contributed by atoms with E-state index in [4.69, 9.17) is 4.74 Å². The Hall–Kier alpha value is -2.09. The molecular formula is C18H26N2O5S. The quantitative estimate of drug-likeness (QED) is 0.699. The van der Waals surface area contributed by atoms with Crippen LogP contribution >= 0.6 is 0 Å². The molecule has 1 aliphatic rings. The lowest BCUT2D eigenvalue weighted by Crippen LogP contribution is -2.52. The van der Waals surface area contributed by atoms with Gasteiger partial charge in [0.25, 0.3) is 0 Å². The van der Waals surface area contributed by atoms with Gasteiger partial charge in [0.1, 0.15) is 6.04 Å². The van der Waals surface area contributed by atoms with E-state index in [1.807, 2.05) is 0 Å². The molecule has 1 aliphatic heterocycles. The first-order chi connectivity index (χ1) is 12.3. The summed E-state index contributed by atoms with van der Waals surface area (Å²) < 4.78 is 30.7. The van der Waals surface area contributed by atoms with Crippen molar-refractivity contribution in [1.82, 2.24) is 4.90 Å². The molecule has 0 aliphatic carbocycles. The van der Waals surface area contributed by atoms with Crippen LogP contribution in [0.1, 0.15) is 26.2 Å². The molecule has 1 aromatic carbocycles. The number of nitrogens with zero attached hydrogens (tertiary/aromatic N) is 2. The van der Waals surface area contributed by atoms with Gasteiger partial charge in [-0.2, -0.15) is 0 Å². The lowest BCUT2D eigenvalue weighted by Gasteiger charge is -2.37. The monoisotopic (exact) mass is 382 g/mol. The summed E-state index contributed by atoms with van der Waals surface area (Å²) in [7, 11) is -2.27. The first kappa shape index (κ1) is 20.2. The third-order valence-corrected chi connectivity index (χ3v) is 5.84. The number of piperidine rings is 1. The number of para-hydroxylation sites is 1. The smallest absolute Gasteiger partial charge is 0.308 e. The number of hydrogen-bond donors (Lipinski definition) is 0. The largest absolute Gasteiger partial charge is 0.469 e. The molecule has 0 unspecified atom stereocenters. The van der Waals surface area contributed by atoms with Crippen LogP contribution in [0, 0.1) is 5.92 Å². The van der Waals surface area contributed by atoms with Gasteiger partial charge < -0.3 is 9.64 Å². The van der Waals surface area contributed by atoms with Crippen molar-refractivity contribution in [2.24, 2.45) is 5.92 Å². The second-order valence-electron chi connectivity index (χ2n) is 6.44. The summed E-state index contributed by atoms with van der Waals surface area (Å²) in [6.45, 7) is 2.63. The number of sulfonamides is 1. The number of rotatable bonds is 6. The second-order valence-corrected chi connectivity index (χ2v) is 8.30. The van der Waals surface area contributed by atoms with Gasteiger partial charge in [0.2, 0.25) is 15.9 Å². The Morgan fingerprint density at radius 2 is 1.81 bits per heavy atom. The minimum atomic E-state index is -3.63. The van der Waals surface area contributed by atoms with E-state index in [-0.39, 0.29) is 17.8 Å². The molecule has 26 heavy (non-hydrogen) atoms. The summed E-state index contributed by atoms with van der Waals surface area (Å²) in [5.74, 6) is -0.694. The predicted molar refractivity (Wildman–Crippen MR) is 99.2 cm³/mol. The number of amides is 1. The summed E-state index contributed by atoms with van der Waals surface area (Å²) >= 11 is 0. The summed E-state index contributed by atoms with van der Waals surface area (Å²) in [5, 5.41) is 0. The summed E-state index contributed by atoms with van der Waals surface area (Å²) in [5.41, 5.74) is 0.472. The highest BCUT2D eigenvalue weighted by molar-refractivity contribution is 7.92. The molecule has 0 N–H and O–H groups in total. The van der Waals surface area contributed by atoms with Crippen LogP contribution in [0.4, 0.5) is 5.69 Å². The van der Waals surface area contributed by atoms with Crippen molar-refractivity contribution >= 4 is 27.6 Å². The number of likely N-dealkylation sites (tertiary alicyclic amines) is 1. The van der Waals surface area contributed by atoms with Crippen LogP contribution in [-0.2, 0) is 24.3 Å². The van der Waals surface area contributed by atoms with Crippen molar-refractivity contribution in [1.29, 1.82) is 0 Å². The van der Waals surface area contributed by atoms with Crippen molar-refractivity contribution in [2.45, 2.75) is 32.2 Å². The topological polar surface area (TPSA) is 84.0 Å². The van der Waals surface area contributed by atoms with Gasteiger partial charge in [-0.15, -0.1) is 0 Å². The highest BCUT2D eigenvalue weighted by Gasteiger charge is 2.36. The predicted octanol–water partition coefficient (Wildman–Crippen LogP) is 1.64. The first-order valence-electron chi connectivity index (χ1n) is 8.70. The number of benzene rings is 1. The summed E-state index contributed by atoms with van der Waals surface area (Å²) in [6, 6.07) is 7.84. The van der Waals surface area contributed by atoms with Gasteiger partial charge >= 0.3 is 5.97 Å². The van der Waals surface area contributed by atoms with Gasteiger partial charge in [-0.25, -0.2) is 8.42 Å².